The van der Waals surface area contributed by atoms with Gasteiger partial charge in [-0.05, 0) is 32.3 Å². The van der Waals surface area contributed by atoms with E-state index in [9.17, 15) is 13.2 Å². The third kappa shape index (κ3) is 4.53. The Hall–Kier alpha value is -4.22. The summed E-state index contributed by atoms with van der Waals surface area (Å²) in [5, 5.41) is 8.08. The number of benzene rings is 1. The number of methoxy groups -OCH3 is 1. The van der Waals surface area contributed by atoms with Gasteiger partial charge in [-0.15, -0.1) is 0 Å². The summed E-state index contributed by atoms with van der Waals surface area (Å²) in [6, 6.07) is 7.22. The molecule has 0 radical (unpaired) electrons. The number of amidine groups is 1. The zero-order valence-electron chi connectivity index (χ0n) is 21.7. The third-order valence-corrected chi connectivity index (χ3v) is 7.18. The number of aromatic nitrogens is 6. The molecule has 9 nitrogen and oxygen atoms in total. The molecule has 0 bridgehead atoms. The number of hydrogen-bond donors (Lipinski definition) is 1. The fraction of sp³-hybridized carbons (Fsp3) is 0.370. The first kappa shape index (κ1) is 25.1. The normalized spacial score (nSPS) is 15.9. The highest BCUT2D eigenvalue weighted by Crippen LogP contribution is 2.43. The third-order valence-electron chi connectivity index (χ3n) is 7.18. The maximum Gasteiger partial charge on any atom is 0.434 e. The molecule has 12 heteroatoms. The lowest BCUT2D eigenvalue weighted by molar-refractivity contribution is -0.140. The summed E-state index contributed by atoms with van der Waals surface area (Å²) >= 11 is 0. The van der Waals surface area contributed by atoms with Gasteiger partial charge >= 0.3 is 6.18 Å². The van der Waals surface area contributed by atoms with Crippen molar-refractivity contribution in [1.29, 1.82) is 0 Å². The second-order valence-electron chi connectivity index (χ2n) is 9.70. The number of aliphatic imine (C=N–C) groups is 1. The predicted molar refractivity (Wildman–Crippen MR) is 139 cm³/mol. The molecule has 0 spiro atoms. The van der Waals surface area contributed by atoms with Gasteiger partial charge in [-0.3, -0.25) is 4.99 Å². The van der Waals surface area contributed by atoms with E-state index < -0.39 is 11.9 Å². The number of halogens is 3. The van der Waals surface area contributed by atoms with Crippen LogP contribution < -0.4 is 10.1 Å². The Balaban J connectivity index is 1.28. The Morgan fingerprint density at radius 3 is 2.59 bits per heavy atom. The standard InChI is InChI=1S/C27H27F3N8O/c1-4-37-13-20(27(28,29)30)35-24(37)18-9-5-16(6-10-18)15(2)38-25-19(12-34-38)11-31-23(36-25)21-22(17-7-8-17)32-14-33-26(21)39-3/h5-6,9-10,12-15,17H,4,7-8,11H2,1-3H3,(H,31,36)/t15-/m1/s1. The monoisotopic (exact) mass is 536 g/mol. The first-order valence-electron chi connectivity index (χ1n) is 12.8. The van der Waals surface area contributed by atoms with Crippen LogP contribution in [0.1, 0.15) is 66.7 Å². The molecule has 1 fully saturated rings. The van der Waals surface area contributed by atoms with Gasteiger partial charge in [0.15, 0.2) is 5.69 Å². The summed E-state index contributed by atoms with van der Waals surface area (Å²) in [5.41, 5.74) is 3.33. The number of nitrogens with zero attached hydrogens (tertiary/aromatic N) is 7. The van der Waals surface area contributed by atoms with E-state index in [1.807, 2.05) is 23.7 Å². The van der Waals surface area contributed by atoms with E-state index in [0.29, 0.717) is 36.3 Å². The first-order valence-corrected chi connectivity index (χ1v) is 12.8. The van der Waals surface area contributed by atoms with E-state index in [1.54, 1.807) is 32.4 Å². The molecular weight excluding hydrogens is 509 g/mol. The van der Waals surface area contributed by atoms with Crippen LogP contribution >= 0.6 is 0 Å². The maximum atomic E-state index is 13.2. The van der Waals surface area contributed by atoms with Gasteiger partial charge in [-0.2, -0.15) is 18.3 Å². The highest BCUT2D eigenvalue weighted by molar-refractivity contribution is 6.11. The number of ether oxygens (including phenoxy) is 1. The highest BCUT2D eigenvalue weighted by Gasteiger charge is 2.35. The number of alkyl halides is 3. The molecule has 0 saturated heterocycles. The molecule has 6 rings (SSSR count). The highest BCUT2D eigenvalue weighted by atomic mass is 19.4. The lowest BCUT2D eigenvalue weighted by atomic mass is 10.1. The minimum atomic E-state index is -4.49. The molecule has 39 heavy (non-hydrogen) atoms. The second kappa shape index (κ2) is 9.51. The van der Waals surface area contributed by atoms with Gasteiger partial charge < -0.3 is 14.6 Å². The van der Waals surface area contributed by atoms with Crippen LogP contribution in [0.4, 0.5) is 19.0 Å². The number of aryl methyl sites for hydroxylation is 1. The number of fused-ring (bicyclic) bond motifs is 1. The van der Waals surface area contributed by atoms with Crippen molar-refractivity contribution in [2.75, 3.05) is 12.4 Å². The number of anilines is 1. The largest absolute Gasteiger partial charge is 0.480 e. The first-order chi connectivity index (χ1) is 18.8. The summed E-state index contributed by atoms with van der Waals surface area (Å²) in [5.74, 6) is 2.61. The minimum Gasteiger partial charge on any atom is -0.480 e. The predicted octanol–water partition coefficient (Wildman–Crippen LogP) is 5.44. The van der Waals surface area contributed by atoms with Crippen LogP contribution in [0, 0.1) is 0 Å². The molecule has 3 aromatic heterocycles. The van der Waals surface area contributed by atoms with Crippen LogP contribution in [0.5, 0.6) is 5.88 Å². The number of hydrogen-bond acceptors (Lipinski definition) is 7. The topological polar surface area (TPSA) is 95.0 Å². The molecule has 0 unspecified atom stereocenters. The van der Waals surface area contributed by atoms with Gasteiger partial charge in [0.25, 0.3) is 0 Å². The SMILES string of the molecule is CCn1cc(C(F)(F)F)nc1-c1ccc([C@@H](C)n2ncc3c2NC(c2c(OC)ncnc2C2CC2)=NC3)cc1. The Labute approximate surface area is 222 Å². The average molecular weight is 537 g/mol. The number of rotatable bonds is 7. The summed E-state index contributed by atoms with van der Waals surface area (Å²) in [6.45, 7) is 4.64. The van der Waals surface area contributed by atoms with Crippen molar-refractivity contribution in [3.63, 3.8) is 0 Å². The molecule has 1 aromatic carbocycles. The lowest BCUT2D eigenvalue weighted by Crippen LogP contribution is -2.25. The Morgan fingerprint density at radius 2 is 1.92 bits per heavy atom. The van der Waals surface area contributed by atoms with Gasteiger partial charge in [0.2, 0.25) is 5.88 Å². The fourth-order valence-electron chi connectivity index (χ4n) is 4.90. The van der Waals surface area contributed by atoms with E-state index in [4.69, 9.17) is 9.73 Å². The van der Waals surface area contributed by atoms with Gasteiger partial charge in [0.05, 0.1) is 31.6 Å². The summed E-state index contributed by atoms with van der Waals surface area (Å²) in [6.07, 6.45) is 2.03. The molecule has 1 aliphatic heterocycles. The number of imidazole rings is 1. The van der Waals surface area contributed by atoms with Crippen LogP contribution in [-0.4, -0.2) is 42.2 Å². The quantitative estimate of drug-likeness (QED) is 0.338. The van der Waals surface area contributed by atoms with E-state index in [2.05, 4.69) is 25.4 Å². The van der Waals surface area contributed by atoms with Crippen LogP contribution in [0.3, 0.4) is 0 Å². The minimum absolute atomic E-state index is 0.164. The van der Waals surface area contributed by atoms with Crippen molar-refractivity contribution in [3.05, 3.63) is 71.1 Å². The fourth-order valence-corrected chi connectivity index (χ4v) is 4.90. The molecule has 1 atom stereocenters. The van der Waals surface area contributed by atoms with E-state index in [-0.39, 0.29) is 11.9 Å². The number of nitrogens with one attached hydrogen (secondary N) is 1. The molecule has 202 valence electrons. The molecule has 1 aliphatic carbocycles. The van der Waals surface area contributed by atoms with Crippen LogP contribution in [0.2, 0.25) is 0 Å². The van der Waals surface area contributed by atoms with Crippen molar-refractivity contribution in [2.24, 2.45) is 4.99 Å². The van der Waals surface area contributed by atoms with Gasteiger partial charge in [-0.1, -0.05) is 24.3 Å². The second-order valence-corrected chi connectivity index (χ2v) is 9.70. The molecule has 1 saturated carbocycles. The Morgan fingerprint density at radius 1 is 1.15 bits per heavy atom. The van der Waals surface area contributed by atoms with Gasteiger partial charge in [0, 0.05) is 29.8 Å². The molecule has 4 heterocycles. The van der Waals surface area contributed by atoms with Gasteiger partial charge in [-0.25, -0.2) is 19.6 Å². The molecule has 1 N–H and O–H groups in total. The van der Waals surface area contributed by atoms with Crippen molar-refractivity contribution in [3.8, 4) is 17.3 Å². The van der Waals surface area contributed by atoms with Gasteiger partial charge in [0.1, 0.15) is 29.4 Å². The summed E-state index contributed by atoms with van der Waals surface area (Å²) in [4.78, 5) is 17.4. The van der Waals surface area contributed by atoms with Crippen LogP contribution in [-0.2, 0) is 19.3 Å². The van der Waals surface area contributed by atoms with E-state index >= 15 is 0 Å². The molecule has 0 amide bonds. The van der Waals surface area contributed by atoms with E-state index in [0.717, 1.165) is 47.2 Å². The smallest absolute Gasteiger partial charge is 0.434 e. The van der Waals surface area contributed by atoms with Crippen molar-refractivity contribution in [2.45, 2.75) is 57.9 Å². The van der Waals surface area contributed by atoms with Crippen molar-refractivity contribution in [1.82, 2.24) is 29.3 Å². The Kier molecular flexibility index (Phi) is 6.12. The zero-order valence-corrected chi connectivity index (χ0v) is 21.7. The average Bonchev–Trinajstić information content (AvgIpc) is 3.55. The van der Waals surface area contributed by atoms with Crippen molar-refractivity contribution >= 4 is 11.7 Å². The Bertz CT molecular complexity index is 1550. The molecule has 2 aliphatic rings. The summed E-state index contributed by atoms with van der Waals surface area (Å²) in [7, 11) is 1.59. The molecular formula is C27H27F3N8O. The maximum absolute atomic E-state index is 13.2. The summed E-state index contributed by atoms with van der Waals surface area (Å²) < 4.78 is 48.6. The van der Waals surface area contributed by atoms with Crippen molar-refractivity contribution < 1.29 is 17.9 Å². The molecule has 4 aromatic rings. The lowest BCUT2D eigenvalue weighted by Gasteiger charge is -2.23. The van der Waals surface area contributed by atoms with E-state index in [1.165, 1.54) is 10.9 Å². The van der Waals surface area contributed by atoms with Crippen LogP contribution in [0.25, 0.3) is 11.4 Å². The van der Waals surface area contributed by atoms with Crippen LogP contribution in [0.15, 0.2) is 48.0 Å². The zero-order chi connectivity index (χ0) is 27.3.